The molecule has 0 atom stereocenters. The smallest absolute Gasteiger partial charge is 0.110 e. The van der Waals surface area contributed by atoms with E-state index in [0.717, 1.165) is 35.6 Å². The Morgan fingerprint density at radius 2 is 2.28 bits per heavy atom. The van der Waals surface area contributed by atoms with Crippen LogP contribution in [0.2, 0.25) is 0 Å². The van der Waals surface area contributed by atoms with Gasteiger partial charge < -0.3 is 9.88 Å². The summed E-state index contributed by atoms with van der Waals surface area (Å²) in [5, 5.41) is 12.4. The minimum Gasteiger partial charge on any atom is -0.384 e. The molecule has 18 heavy (non-hydrogen) atoms. The number of nitrogens with zero attached hydrogens (tertiary/aromatic N) is 3. The topological polar surface area (TPSA) is 53.6 Å². The van der Waals surface area contributed by atoms with Gasteiger partial charge in [-0.25, -0.2) is 4.98 Å². The van der Waals surface area contributed by atoms with E-state index in [1.807, 2.05) is 42.9 Å². The molecule has 0 aliphatic carbocycles. The van der Waals surface area contributed by atoms with Crippen molar-refractivity contribution < 1.29 is 0 Å². The molecule has 0 bridgehead atoms. The third-order valence-corrected chi connectivity index (χ3v) is 2.97. The molecule has 0 unspecified atom stereocenters. The molecule has 0 aliphatic heterocycles. The van der Waals surface area contributed by atoms with Crippen molar-refractivity contribution >= 4 is 5.69 Å². The van der Waals surface area contributed by atoms with Gasteiger partial charge in [0.15, 0.2) is 0 Å². The predicted molar refractivity (Wildman–Crippen MR) is 71.3 cm³/mol. The molecule has 1 N–H and O–H groups in total. The van der Waals surface area contributed by atoms with Gasteiger partial charge in [-0.1, -0.05) is 12.1 Å². The summed E-state index contributed by atoms with van der Waals surface area (Å²) in [6.07, 6.45) is 4.56. The molecule has 0 radical (unpaired) electrons. The van der Waals surface area contributed by atoms with Crippen LogP contribution in [0, 0.1) is 18.3 Å². The summed E-state index contributed by atoms with van der Waals surface area (Å²) in [7, 11) is 1.98. The number of hydrogen-bond donors (Lipinski definition) is 1. The Labute approximate surface area is 107 Å². The van der Waals surface area contributed by atoms with Crippen molar-refractivity contribution in [3.8, 4) is 6.07 Å². The first-order chi connectivity index (χ1) is 8.72. The van der Waals surface area contributed by atoms with Gasteiger partial charge in [-0.05, 0) is 18.6 Å². The molecule has 4 heteroatoms. The molecule has 0 spiro atoms. The molecule has 1 aromatic carbocycles. The highest BCUT2D eigenvalue weighted by molar-refractivity contribution is 5.60. The van der Waals surface area contributed by atoms with Gasteiger partial charge in [0.05, 0.1) is 11.3 Å². The molecule has 4 nitrogen and oxygen atoms in total. The quantitative estimate of drug-likeness (QED) is 0.891. The molecule has 1 aromatic heterocycles. The van der Waals surface area contributed by atoms with E-state index < -0.39 is 0 Å². The standard InChI is InChI=1S/C14H16N4/c1-11-4-3-5-13(12(11)10-15)16-7-6-14-17-8-9-18(14)2/h3-5,8-9,16H,6-7H2,1-2H3. The summed E-state index contributed by atoms with van der Waals surface area (Å²) < 4.78 is 2.00. The Morgan fingerprint density at radius 1 is 1.44 bits per heavy atom. The highest BCUT2D eigenvalue weighted by Gasteiger charge is 2.04. The molecule has 0 saturated heterocycles. The van der Waals surface area contributed by atoms with Crippen molar-refractivity contribution in [2.45, 2.75) is 13.3 Å². The molecular formula is C14H16N4. The first-order valence-corrected chi connectivity index (χ1v) is 5.92. The number of nitriles is 1. The number of hydrogen-bond acceptors (Lipinski definition) is 3. The Morgan fingerprint density at radius 3 is 2.94 bits per heavy atom. The maximum absolute atomic E-state index is 9.12. The van der Waals surface area contributed by atoms with Gasteiger partial charge >= 0.3 is 0 Å². The van der Waals surface area contributed by atoms with Crippen LogP contribution in [0.1, 0.15) is 17.0 Å². The van der Waals surface area contributed by atoms with Crippen LogP contribution in [-0.2, 0) is 13.5 Å². The Hall–Kier alpha value is -2.28. The van der Waals surface area contributed by atoms with E-state index in [1.165, 1.54) is 0 Å². The van der Waals surface area contributed by atoms with E-state index in [-0.39, 0.29) is 0 Å². The van der Waals surface area contributed by atoms with Gasteiger partial charge in [-0.2, -0.15) is 5.26 Å². The molecule has 2 rings (SSSR count). The number of rotatable bonds is 4. The zero-order valence-electron chi connectivity index (χ0n) is 10.6. The van der Waals surface area contributed by atoms with E-state index in [4.69, 9.17) is 5.26 Å². The maximum Gasteiger partial charge on any atom is 0.110 e. The summed E-state index contributed by atoms with van der Waals surface area (Å²) in [4.78, 5) is 4.27. The number of benzene rings is 1. The lowest BCUT2D eigenvalue weighted by Gasteiger charge is -2.09. The average molecular weight is 240 g/mol. The average Bonchev–Trinajstić information content (AvgIpc) is 2.75. The van der Waals surface area contributed by atoms with Crippen molar-refractivity contribution in [3.05, 3.63) is 47.5 Å². The molecule has 0 fully saturated rings. The molecule has 92 valence electrons. The van der Waals surface area contributed by atoms with E-state index in [9.17, 15) is 0 Å². The summed E-state index contributed by atoms with van der Waals surface area (Å²) >= 11 is 0. The third-order valence-electron chi connectivity index (χ3n) is 2.97. The van der Waals surface area contributed by atoms with Crippen LogP contribution in [0.3, 0.4) is 0 Å². The second-order valence-electron chi connectivity index (χ2n) is 4.24. The van der Waals surface area contributed by atoms with Crippen LogP contribution in [-0.4, -0.2) is 16.1 Å². The van der Waals surface area contributed by atoms with E-state index in [2.05, 4.69) is 16.4 Å². The molecule has 0 amide bonds. The normalized spacial score (nSPS) is 10.1. The molecule has 0 saturated carbocycles. The number of aromatic nitrogens is 2. The van der Waals surface area contributed by atoms with Crippen LogP contribution >= 0.6 is 0 Å². The van der Waals surface area contributed by atoms with Gasteiger partial charge in [-0.15, -0.1) is 0 Å². The van der Waals surface area contributed by atoms with Gasteiger partial charge in [0.1, 0.15) is 11.9 Å². The second kappa shape index (κ2) is 5.37. The van der Waals surface area contributed by atoms with E-state index in [1.54, 1.807) is 6.20 Å². The lowest BCUT2D eigenvalue weighted by molar-refractivity contribution is 0.789. The fraction of sp³-hybridized carbons (Fsp3) is 0.286. The Balaban J connectivity index is 2.01. The van der Waals surface area contributed by atoms with Gasteiger partial charge in [0.25, 0.3) is 0 Å². The highest BCUT2D eigenvalue weighted by atomic mass is 15.0. The fourth-order valence-electron chi connectivity index (χ4n) is 1.91. The van der Waals surface area contributed by atoms with Gasteiger partial charge in [0.2, 0.25) is 0 Å². The second-order valence-corrected chi connectivity index (χ2v) is 4.24. The number of nitrogens with one attached hydrogen (secondary N) is 1. The minimum atomic E-state index is 0.720. The van der Waals surface area contributed by atoms with Crippen LogP contribution in [0.4, 0.5) is 5.69 Å². The Bertz CT molecular complexity index is 578. The first-order valence-electron chi connectivity index (χ1n) is 5.92. The van der Waals surface area contributed by atoms with Gasteiger partial charge in [0, 0.05) is 32.4 Å². The first kappa shape index (κ1) is 12.2. The lowest BCUT2D eigenvalue weighted by Crippen LogP contribution is -2.09. The zero-order valence-corrected chi connectivity index (χ0v) is 10.6. The van der Waals surface area contributed by atoms with Crippen molar-refractivity contribution in [3.63, 3.8) is 0 Å². The molecular weight excluding hydrogens is 224 g/mol. The van der Waals surface area contributed by atoms with Crippen molar-refractivity contribution in [2.24, 2.45) is 7.05 Å². The number of aryl methyl sites for hydroxylation is 2. The predicted octanol–water partition coefficient (Wildman–Crippen LogP) is 2.25. The largest absolute Gasteiger partial charge is 0.384 e. The van der Waals surface area contributed by atoms with Gasteiger partial charge in [-0.3, -0.25) is 0 Å². The molecule has 2 aromatic rings. The van der Waals surface area contributed by atoms with Crippen molar-refractivity contribution in [2.75, 3.05) is 11.9 Å². The lowest BCUT2D eigenvalue weighted by atomic mass is 10.1. The SMILES string of the molecule is Cc1cccc(NCCc2nccn2C)c1C#N. The summed E-state index contributed by atoms with van der Waals surface area (Å²) in [6.45, 7) is 2.71. The monoisotopic (exact) mass is 240 g/mol. The van der Waals surface area contributed by atoms with Crippen LogP contribution in [0.15, 0.2) is 30.6 Å². The maximum atomic E-state index is 9.12. The summed E-state index contributed by atoms with van der Waals surface area (Å²) in [5.74, 6) is 1.04. The summed E-state index contributed by atoms with van der Waals surface area (Å²) in [5.41, 5.74) is 2.61. The number of anilines is 1. The van der Waals surface area contributed by atoms with Crippen molar-refractivity contribution in [1.82, 2.24) is 9.55 Å². The molecule has 1 heterocycles. The van der Waals surface area contributed by atoms with Crippen molar-refractivity contribution in [1.29, 1.82) is 5.26 Å². The molecule has 0 aliphatic rings. The zero-order chi connectivity index (χ0) is 13.0. The Kier molecular flexibility index (Phi) is 3.63. The summed E-state index contributed by atoms with van der Waals surface area (Å²) in [6, 6.07) is 8.07. The fourth-order valence-corrected chi connectivity index (χ4v) is 1.91. The highest BCUT2D eigenvalue weighted by Crippen LogP contribution is 2.18. The number of imidazole rings is 1. The van der Waals surface area contributed by atoms with E-state index >= 15 is 0 Å². The third kappa shape index (κ3) is 2.51. The van der Waals surface area contributed by atoms with E-state index in [0.29, 0.717) is 0 Å². The minimum absolute atomic E-state index is 0.720. The van der Waals surface area contributed by atoms with Crippen LogP contribution in [0.5, 0.6) is 0 Å². The van der Waals surface area contributed by atoms with Crippen LogP contribution < -0.4 is 5.32 Å². The van der Waals surface area contributed by atoms with Crippen LogP contribution in [0.25, 0.3) is 0 Å².